The molecule has 0 bridgehead atoms. The molecule has 4 heteroatoms. The first-order valence-electron chi connectivity index (χ1n) is 6.67. The van der Waals surface area contributed by atoms with E-state index in [1.807, 2.05) is 45.0 Å². The number of benzene rings is 1. The topological polar surface area (TPSA) is 66.6 Å². The van der Waals surface area contributed by atoms with E-state index in [2.05, 4.69) is 0 Å². The Kier molecular flexibility index (Phi) is 3.20. The van der Waals surface area contributed by atoms with Gasteiger partial charge in [0.15, 0.2) is 0 Å². The molecule has 19 heavy (non-hydrogen) atoms. The highest BCUT2D eigenvalue weighted by Gasteiger charge is 2.50. The summed E-state index contributed by atoms with van der Waals surface area (Å²) >= 11 is 0. The van der Waals surface area contributed by atoms with Crippen molar-refractivity contribution in [2.75, 3.05) is 5.73 Å². The van der Waals surface area contributed by atoms with E-state index in [1.165, 1.54) is 0 Å². The van der Waals surface area contributed by atoms with Crippen LogP contribution in [0.3, 0.4) is 0 Å². The highest BCUT2D eigenvalue weighted by molar-refractivity contribution is 5.68. The molecular formula is C15H22N2O2. The van der Waals surface area contributed by atoms with Gasteiger partial charge in [-0.15, -0.1) is 0 Å². The zero-order valence-electron chi connectivity index (χ0n) is 11.8. The zero-order valence-corrected chi connectivity index (χ0v) is 11.8. The van der Waals surface area contributed by atoms with E-state index in [9.17, 15) is 9.90 Å². The second-order valence-corrected chi connectivity index (χ2v) is 6.30. The molecule has 0 aliphatic heterocycles. The van der Waals surface area contributed by atoms with E-state index in [0.717, 1.165) is 24.8 Å². The molecule has 0 radical (unpaired) electrons. The average Bonchev–Trinajstić information content (AvgIpc) is 2.22. The van der Waals surface area contributed by atoms with Gasteiger partial charge in [-0.05, 0) is 57.7 Å². The van der Waals surface area contributed by atoms with Crippen LogP contribution in [0.4, 0.5) is 10.5 Å². The van der Waals surface area contributed by atoms with Gasteiger partial charge in [0, 0.05) is 11.2 Å². The van der Waals surface area contributed by atoms with Crippen LogP contribution in [-0.2, 0) is 5.54 Å². The zero-order chi connectivity index (χ0) is 14.3. The van der Waals surface area contributed by atoms with Crippen LogP contribution in [0.15, 0.2) is 24.3 Å². The highest BCUT2D eigenvalue weighted by Crippen LogP contribution is 2.49. The summed E-state index contributed by atoms with van der Waals surface area (Å²) in [5.74, 6) is 0. The minimum absolute atomic E-state index is 0.391. The molecule has 0 heterocycles. The van der Waals surface area contributed by atoms with E-state index in [4.69, 9.17) is 5.73 Å². The first-order chi connectivity index (χ1) is 8.77. The van der Waals surface area contributed by atoms with Crippen molar-refractivity contribution in [2.45, 2.75) is 51.1 Å². The first-order valence-corrected chi connectivity index (χ1v) is 6.67. The van der Waals surface area contributed by atoms with Gasteiger partial charge >= 0.3 is 6.09 Å². The van der Waals surface area contributed by atoms with E-state index in [1.54, 1.807) is 4.90 Å². The molecule has 2 rings (SSSR count). The number of nitrogen functional groups attached to an aromatic ring is 1. The van der Waals surface area contributed by atoms with Crippen LogP contribution in [0, 0.1) is 0 Å². The quantitative estimate of drug-likeness (QED) is 0.802. The van der Waals surface area contributed by atoms with E-state index in [0.29, 0.717) is 5.69 Å². The van der Waals surface area contributed by atoms with Gasteiger partial charge in [0.05, 0.1) is 5.54 Å². The first kappa shape index (κ1) is 13.7. The fourth-order valence-corrected chi connectivity index (χ4v) is 3.06. The van der Waals surface area contributed by atoms with Crippen LogP contribution >= 0.6 is 0 Å². The Balaban J connectivity index is 2.47. The Bertz CT molecular complexity index is 470. The Morgan fingerprint density at radius 2 is 1.79 bits per heavy atom. The van der Waals surface area contributed by atoms with Gasteiger partial charge in [0.25, 0.3) is 0 Å². The van der Waals surface area contributed by atoms with Crippen molar-refractivity contribution in [1.29, 1.82) is 0 Å². The number of anilines is 1. The predicted octanol–water partition coefficient (Wildman–Crippen LogP) is 3.43. The van der Waals surface area contributed by atoms with Crippen molar-refractivity contribution in [3.05, 3.63) is 29.8 Å². The van der Waals surface area contributed by atoms with Crippen molar-refractivity contribution in [3.63, 3.8) is 0 Å². The standard InChI is InChI=1S/C15H22N2O2/c1-14(2,3)17(13(18)19)15(9-4-10-15)11-5-7-12(16)8-6-11/h5-8H,4,9-10,16H2,1-3H3,(H,18,19). The van der Waals surface area contributed by atoms with Crippen molar-refractivity contribution in [3.8, 4) is 0 Å². The summed E-state index contributed by atoms with van der Waals surface area (Å²) in [5.41, 5.74) is 6.66. The third-order valence-electron chi connectivity index (χ3n) is 3.92. The second kappa shape index (κ2) is 4.44. The molecule has 1 aliphatic rings. The molecule has 0 atom stereocenters. The molecule has 1 aromatic rings. The van der Waals surface area contributed by atoms with Gasteiger partial charge in [-0.25, -0.2) is 4.79 Å². The largest absolute Gasteiger partial charge is 0.465 e. The van der Waals surface area contributed by atoms with Crippen LogP contribution in [0.5, 0.6) is 0 Å². The lowest BCUT2D eigenvalue weighted by atomic mass is 9.69. The number of rotatable bonds is 2. The minimum Gasteiger partial charge on any atom is -0.465 e. The molecule has 1 aliphatic carbocycles. The van der Waals surface area contributed by atoms with Gasteiger partial charge < -0.3 is 10.8 Å². The molecule has 1 amide bonds. The third-order valence-corrected chi connectivity index (χ3v) is 3.92. The molecule has 0 saturated heterocycles. The van der Waals surface area contributed by atoms with Crippen molar-refractivity contribution in [1.82, 2.24) is 4.90 Å². The molecule has 1 aromatic carbocycles. The molecule has 1 fully saturated rings. The van der Waals surface area contributed by atoms with Gasteiger partial charge in [0.1, 0.15) is 0 Å². The Morgan fingerprint density at radius 1 is 1.26 bits per heavy atom. The smallest absolute Gasteiger partial charge is 0.408 e. The summed E-state index contributed by atoms with van der Waals surface area (Å²) in [4.78, 5) is 13.3. The third kappa shape index (κ3) is 2.27. The van der Waals surface area contributed by atoms with Gasteiger partial charge in [-0.1, -0.05) is 12.1 Å². The fourth-order valence-electron chi connectivity index (χ4n) is 3.06. The van der Waals surface area contributed by atoms with Crippen LogP contribution in [0.1, 0.15) is 45.6 Å². The summed E-state index contributed by atoms with van der Waals surface area (Å²) in [6.45, 7) is 5.83. The maximum Gasteiger partial charge on any atom is 0.408 e. The van der Waals surface area contributed by atoms with E-state index in [-0.39, 0.29) is 0 Å². The van der Waals surface area contributed by atoms with Crippen LogP contribution in [0.25, 0.3) is 0 Å². The average molecular weight is 262 g/mol. The predicted molar refractivity (Wildman–Crippen MR) is 76.0 cm³/mol. The number of hydrogen-bond donors (Lipinski definition) is 2. The van der Waals surface area contributed by atoms with Crippen LogP contribution in [0.2, 0.25) is 0 Å². The monoisotopic (exact) mass is 262 g/mol. The van der Waals surface area contributed by atoms with Crippen LogP contribution in [-0.4, -0.2) is 21.6 Å². The number of carboxylic acid groups (broad SMARTS) is 1. The van der Waals surface area contributed by atoms with E-state index < -0.39 is 17.2 Å². The summed E-state index contributed by atoms with van der Waals surface area (Å²) in [6, 6.07) is 7.60. The Morgan fingerprint density at radius 3 is 2.11 bits per heavy atom. The number of nitrogens with two attached hydrogens (primary N) is 1. The number of hydrogen-bond acceptors (Lipinski definition) is 2. The summed E-state index contributed by atoms with van der Waals surface area (Å²) < 4.78 is 0. The Hall–Kier alpha value is -1.71. The fraction of sp³-hybridized carbons (Fsp3) is 0.533. The minimum atomic E-state index is -0.857. The van der Waals surface area contributed by atoms with Gasteiger partial charge in [-0.3, -0.25) is 4.90 Å². The van der Waals surface area contributed by atoms with E-state index >= 15 is 0 Å². The van der Waals surface area contributed by atoms with Crippen molar-refractivity contribution in [2.24, 2.45) is 0 Å². The number of carbonyl (C=O) groups is 1. The molecule has 3 N–H and O–H groups in total. The lowest BCUT2D eigenvalue weighted by Gasteiger charge is -2.54. The normalized spacial score (nSPS) is 17.6. The SMILES string of the molecule is CC(C)(C)N(C(=O)O)C1(c2ccc(N)cc2)CCC1. The molecule has 0 spiro atoms. The molecule has 4 nitrogen and oxygen atoms in total. The highest BCUT2D eigenvalue weighted by atomic mass is 16.4. The molecule has 0 unspecified atom stereocenters. The van der Waals surface area contributed by atoms with Crippen LogP contribution < -0.4 is 5.73 Å². The van der Waals surface area contributed by atoms with Crippen molar-refractivity contribution < 1.29 is 9.90 Å². The van der Waals surface area contributed by atoms with Gasteiger partial charge in [0.2, 0.25) is 0 Å². The molecule has 104 valence electrons. The molecular weight excluding hydrogens is 240 g/mol. The molecule has 0 aromatic heterocycles. The maximum atomic E-state index is 11.7. The van der Waals surface area contributed by atoms with Crippen molar-refractivity contribution >= 4 is 11.8 Å². The Labute approximate surface area is 114 Å². The molecule has 1 saturated carbocycles. The summed E-state index contributed by atoms with van der Waals surface area (Å²) in [5, 5.41) is 9.63. The summed E-state index contributed by atoms with van der Waals surface area (Å²) in [7, 11) is 0. The summed E-state index contributed by atoms with van der Waals surface area (Å²) in [6.07, 6.45) is 1.95. The maximum absolute atomic E-state index is 11.7. The lowest BCUT2D eigenvalue weighted by molar-refractivity contribution is -0.0327. The second-order valence-electron chi connectivity index (χ2n) is 6.30. The lowest BCUT2D eigenvalue weighted by Crippen LogP contribution is -2.60. The van der Waals surface area contributed by atoms with Gasteiger partial charge in [-0.2, -0.15) is 0 Å². The number of amides is 1. The number of nitrogens with zero attached hydrogens (tertiary/aromatic N) is 1.